The highest BCUT2D eigenvalue weighted by atomic mass is 16.5. The lowest BCUT2D eigenvalue weighted by molar-refractivity contribution is -0.138. The zero-order valence-electron chi connectivity index (χ0n) is 11.3. The minimum atomic E-state index is -0.357. The summed E-state index contributed by atoms with van der Waals surface area (Å²) in [4.78, 5) is 11.6. The molecule has 2 aromatic rings. The zero-order chi connectivity index (χ0) is 14.2. The summed E-state index contributed by atoms with van der Waals surface area (Å²) in [5, 5.41) is 0. The van der Waals surface area contributed by atoms with Crippen molar-refractivity contribution in [1.82, 2.24) is 0 Å². The number of carbonyl (C=O) groups excluding carboxylic acids is 1. The van der Waals surface area contributed by atoms with Crippen LogP contribution in [-0.4, -0.2) is 13.1 Å². The van der Waals surface area contributed by atoms with E-state index in [9.17, 15) is 4.79 Å². The van der Waals surface area contributed by atoms with E-state index in [1.165, 1.54) is 6.08 Å². The molecule has 0 aliphatic carbocycles. The molecule has 0 N–H and O–H groups in total. The van der Waals surface area contributed by atoms with Gasteiger partial charge in [-0.1, -0.05) is 42.5 Å². The largest absolute Gasteiger partial charge is 0.497 e. The molecule has 0 heterocycles. The van der Waals surface area contributed by atoms with Gasteiger partial charge in [-0.25, -0.2) is 4.79 Å². The highest BCUT2D eigenvalue weighted by Crippen LogP contribution is 2.12. The van der Waals surface area contributed by atoms with Gasteiger partial charge in [-0.3, -0.25) is 0 Å². The van der Waals surface area contributed by atoms with Crippen molar-refractivity contribution in [2.75, 3.05) is 7.11 Å². The molecule has 0 aliphatic heterocycles. The molecule has 2 aromatic carbocycles. The van der Waals surface area contributed by atoms with E-state index in [2.05, 4.69) is 0 Å². The SMILES string of the molecule is COc1ccc(COC(=O)/C=C\c2ccccc2)cc1. The van der Waals surface area contributed by atoms with Crippen molar-refractivity contribution in [2.24, 2.45) is 0 Å². The van der Waals surface area contributed by atoms with Crippen LogP contribution in [0.25, 0.3) is 6.08 Å². The predicted octanol–water partition coefficient (Wildman–Crippen LogP) is 3.45. The van der Waals surface area contributed by atoms with Crippen molar-refractivity contribution in [3.05, 3.63) is 71.8 Å². The Morgan fingerprint density at radius 1 is 1.05 bits per heavy atom. The molecule has 0 saturated heterocycles. The quantitative estimate of drug-likeness (QED) is 0.615. The van der Waals surface area contributed by atoms with Gasteiger partial charge < -0.3 is 9.47 Å². The van der Waals surface area contributed by atoms with Crippen LogP contribution in [0.2, 0.25) is 0 Å². The third-order valence-corrected chi connectivity index (χ3v) is 2.75. The maximum absolute atomic E-state index is 11.6. The number of hydrogen-bond donors (Lipinski definition) is 0. The van der Waals surface area contributed by atoms with Crippen molar-refractivity contribution in [2.45, 2.75) is 6.61 Å². The van der Waals surface area contributed by atoms with Crippen molar-refractivity contribution in [3.63, 3.8) is 0 Å². The van der Waals surface area contributed by atoms with Gasteiger partial charge in [0, 0.05) is 6.08 Å². The fraction of sp³-hybridized carbons (Fsp3) is 0.118. The van der Waals surface area contributed by atoms with E-state index in [0.29, 0.717) is 0 Å². The average molecular weight is 268 g/mol. The Kier molecular flexibility index (Phi) is 4.95. The Hall–Kier alpha value is -2.55. The second-order valence-electron chi connectivity index (χ2n) is 4.20. The van der Waals surface area contributed by atoms with E-state index in [1.54, 1.807) is 13.2 Å². The predicted molar refractivity (Wildman–Crippen MR) is 78.3 cm³/mol. The number of methoxy groups -OCH3 is 1. The first-order valence-electron chi connectivity index (χ1n) is 6.31. The van der Waals surface area contributed by atoms with Crippen LogP contribution in [0.5, 0.6) is 5.75 Å². The molecule has 0 aliphatic rings. The van der Waals surface area contributed by atoms with E-state index in [1.807, 2.05) is 54.6 Å². The Bertz CT molecular complexity index is 571. The van der Waals surface area contributed by atoms with Crippen LogP contribution in [-0.2, 0) is 16.1 Å². The highest BCUT2D eigenvalue weighted by Gasteiger charge is 1.99. The molecule has 0 aromatic heterocycles. The Morgan fingerprint density at radius 3 is 2.40 bits per heavy atom. The van der Waals surface area contributed by atoms with Crippen molar-refractivity contribution >= 4 is 12.0 Å². The summed E-state index contributed by atoms with van der Waals surface area (Å²) in [5.74, 6) is 0.425. The van der Waals surface area contributed by atoms with E-state index in [4.69, 9.17) is 9.47 Å². The maximum atomic E-state index is 11.6. The molecule has 0 amide bonds. The number of benzene rings is 2. The van der Waals surface area contributed by atoms with Gasteiger partial charge in [-0.15, -0.1) is 0 Å². The Balaban J connectivity index is 1.84. The normalized spacial score (nSPS) is 10.4. The molecule has 3 nitrogen and oxygen atoms in total. The molecular weight excluding hydrogens is 252 g/mol. The van der Waals surface area contributed by atoms with Gasteiger partial charge in [0.05, 0.1) is 7.11 Å². The van der Waals surface area contributed by atoms with Crippen LogP contribution in [0, 0.1) is 0 Å². The van der Waals surface area contributed by atoms with Gasteiger partial charge in [-0.2, -0.15) is 0 Å². The minimum Gasteiger partial charge on any atom is -0.497 e. The molecule has 0 bridgehead atoms. The van der Waals surface area contributed by atoms with Crippen LogP contribution in [0.4, 0.5) is 0 Å². The van der Waals surface area contributed by atoms with Crippen molar-refractivity contribution < 1.29 is 14.3 Å². The van der Waals surface area contributed by atoms with Gasteiger partial charge in [0.1, 0.15) is 12.4 Å². The summed E-state index contributed by atoms with van der Waals surface area (Å²) in [6.45, 7) is 0.252. The molecule has 0 unspecified atom stereocenters. The number of hydrogen-bond acceptors (Lipinski definition) is 3. The summed E-state index contributed by atoms with van der Waals surface area (Å²) in [6, 6.07) is 17.0. The fourth-order valence-electron chi connectivity index (χ4n) is 1.65. The fourth-order valence-corrected chi connectivity index (χ4v) is 1.65. The van der Waals surface area contributed by atoms with Crippen LogP contribution in [0.3, 0.4) is 0 Å². The number of ether oxygens (including phenoxy) is 2. The van der Waals surface area contributed by atoms with E-state index < -0.39 is 0 Å². The second kappa shape index (κ2) is 7.14. The molecule has 102 valence electrons. The van der Waals surface area contributed by atoms with Gasteiger partial charge in [0.15, 0.2) is 0 Å². The standard InChI is InChI=1S/C17H16O3/c1-19-16-10-7-15(8-11-16)13-20-17(18)12-9-14-5-3-2-4-6-14/h2-12H,13H2,1H3/b12-9-. The lowest BCUT2D eigenvalue weighted by Crippen LogP contribution is -2.00. The van der Waals surface area contributed by atoms with E-state index in [0.717, 1.165) is 16.9 Å². The van der Waals surface area contributed by atoms with Gasteiger partial charge >= 0.3 is 5.97 Å². The Morgan fingerprint density at radius 2 is 1.75 bits per heavy atom. The number of rotatable bonds is 5. The summed E-state index contributed by atoms with van der Waals surface area (Å²) in [6.07, 6.45) is 3.16. The molecule has 0 saturated carbocycles. The summed E-state index contributed by atoms with van der Waals surface area (Å²) in [7, 11) is 1.61. The van der Waals surface area contributed by atoms with Crippen LogP contribution in [0.1, 0.15) is 11.1 Å². The highest BCUT2D eigenvalue weighted by molar-refractivity contribution is 5.87. The first kappa shape index (κ1) is 13.9. The topological polar surface area (TPSA) is 35.5 Å². The number of esters is 1. The molecule has 0 radical (unpaired) electrons. The summed E-state index contributed by atoms with van der Waals surface area (Å²) in [5.41, 5.74) is 1.89. The lowest BCUT2D eigenvalue weighted by atomic mass is 10.2. The summed E-state index contributed by atoms with van der Waals surface area (Å²) < 4.78 is 10.2. The lowest BCUT2D eigenvalue weighted by Gasteiger charge is -2.03. The second-order valence-corrected chi connectivity index (χ2v) is 4.20. The Labute approximate surface area is 118 Å². The van der Waals surface area contributed by atoms with Crippen LogP contribution < -0.4 is 4.74 Å². The first-order chi connectivity index (χ1) is 9.78. The monoisotopic (exact) mass is 268 g/mol. The molecule has 3 heteroatoms. The smallest absolute Gasteiger partial charge is 0.331 e. The molecular formula is C17H16O3. The average Bonchev–Trinajstić information content (AvgIpc) is 2.52. The van der Waals surface area contributed by atoms with Crippen molar-refractivity contribution in [1.29, 1.82) is 0 Å². The third kappa shape index (κ3) is 4.28. The van der Waals surface area contributed by atoms with Gasteiger partial charge in [0.25, 0.3) is 0 Å². The first-order valence-corrected chi connectivity index (χ1v) is 6.31. The molecule has 0 spiro atoms. The van der Waals surface area contributed by atoms with Crippen LogP contribution >= 0.6 is 0 Å². The van der Waals surface area contributed by atoms with Crippen molar-refractivity contribution in [3.8, 4) is 5.75 Å². The molecule has 20 heavy (non-hydrogen) atoms. The number of carbonyl (C=O) groups is 1. The van der Waals surface area contributed by atoms with Gasteiger partial charge in [-0.05, 0) is 29.3 Å². The molecule has 0 atom stereocenters. The van der Waals surface area contributed by atoms with E-state index in [-0.39, 0.29) is 12.6 Å². The third-order valence-electron chi connectivity index (χ3n) is 2.75. The minimum absolute atomic E-state index is 0.252. The zero-order valence-corrected chi connectivity index (χ0v) is 11.3. The van der Waals surface area contributed by atoms with Crippen LogP contribution in [0.15, 0.2) is 60.7 Å². The molecule has 2 rings (SSSR count). The molecule has 0 fully saturated rings. The van der Waals surface area contributed by atoms with E-state index >= 15 is 0 Å². The maximum Gasteiger partial charge on any atom is 0.331 e. The van der Waals surface area contributed by atoms with Gasteiger partial charge in [0.2, 0.25) is 0 Å². The summed E-state index contributed by atoms with van der Waals surface area (Å²) >= 11 is 0.